The van der Waals surface area contributed by atoms with Crippen LogP contribution in [0.3, 0.4) is 0 Å². The van der Waals surface area contributed by atoms with E-state index in [0.717, 1.165) is 46.4 Å². The first kappa shape index (κ1) is 26.9. The van der Waals surface area contributed by atoms with Crippen molar-refractivity contribution in [3.05, 3.63) is 160 Å². The molecule has 0 saturated heterocycles. The second kappa shape index (κ2) is 11.0. The molecule has 0 radical (unpaired) electrons. The average molecular weight is 614 g/mol. The minimum atomic E-state index is -0.444. The molecule has 2 aliphatic rings. The minimum absolute atomic E-state index is 0.172. The molecule has 0 bridgehead atoms. The molecular weight excluding hydrogens is 590 g/mol. The summed E-state index contributed by atoms with van der Waals surface area (Å²) >= 11 is 13.7. The van der Waals surface area contributed by atoms with Crippen LogP contribution in [0.1, 0.15) is 40.3 Å². The summed E-state index contributed by atoms with van der Waals surface area (Å²) in [7, 11) is 0. The summed E-state index contributed by atoms with van der Waals surface area (Å²) in [6.45, 7) is 0.244. The van der Waals surface area contributed by atoms with Gasteiger partial charge in [0, 0.05) is 26.7 Å². The van der Waals surface area contributed by atoms with Crippen molar-refractivity contribution in [2.24, 2.45) is 4.99 Å². The van der Waals surface area contributed by atoms with Crippen molar-refractivity contribution in [1.82, 2.24) is 4.57 Å². The van der Waals surface area contributed by atoms with E-state index in [1.807, 2.05) is 54.6 Å². The molecule has 7 rings (SSSR count). The Balaban J connectivity index is 1.35. The van der Waals surface area contributed by atoms with Gasteiger partial charge in [0.25, 0.3) is 5.56 Å². The number of aromatic nitrogens is 1. The highest BCUT2D eigenvalue weighted by Crippen LogP contribution is 2.41. The van der Waals surface area contributed by atoms with E-state index in [1.165, 1.54) is 29.0 Å². The number of allylic oxidation sites excluding steroid dienone is 1. The van der Waals surface area contributed by atoms with Gasteiger partial charge in [0.1, 0.15) is 18.2 Å². The molecule has 42 heavy (non-hydrogen) atoms. The van der Waals surface area contributed by atoms with Gasteiger partial charge in [0.2, 0.25) is 0 Å². The molecule has 1 unspecified atom stereocenters. The molecule has 4 nitrogen and oxygen atoms in total. The van der Waals surface area contributed by atoms with Crippen LogP contribution in [0.15, 0.2) is 106 Å². The van der Waals surface area contributed by atoms with Crippen LogP contribution in [-0.4, -0.2) is 4.57 Å². The van der Waals surface area contributed by atoms with Crippen molar-refractivity contribution in [2.75, 3.05) is 0 Å². The largest absolute Gasteiger partial charge is 0.488 e. The Morgan fingerprint density at radius 3 is 2.67 bits per heavy atom. The summed E-state index contributed by atoms with van der Waals surface area (Å²) in [5, 5.41) is 1.08. The molecule has 0 N–H and O–H groups in total. The van der Waals surface area contributed by atoms with E-state index in [-0.39, 0.29) is 18.0 Å². The van der Waals surface area contributed by atoms with Gasteiger partial charge in [-0.25, -0.2) is 9.38 Å². The van der Waals surface area contributed by atoms with Crippen LogP contribution in [0.5, 0.6) is 5.75 Å². The number of ether oxygens (including phenoxy) is 1. The second-order valence-corrected chi connectivity index (χ2v) is 12.1. The van der Waals surface area contributed by atoms with Crippen LogP contribution in [-0.2, 0) is 13.0 Å². The fraction of sp³-hybridized carbons (Fsp3) is 0.118. The Morgan fingerprint density at radius 2 is 1.81 bits per heavy atom. The molecule has 1 aromatic heterocycles. The topological polar surface area (TPSA) is 43.6 Å². The molecule has 208 valence electrons. The lowest BCUT2D eigenvalue weighted by atomic mass is 9.83. The highest BCUT2D eigenvalue weighted by atomic mass is 35.5. The number of fused-ring (bicyclic) bond motifs is 3. The molecule has 8 heteroatoms. The van der Waals surface area contributed by atoms with Crippen molar-refractivity contribution in [3.63, 3.8) is 0 Å². The van der Waals surface area contributed by atoms with Crippen molar-refractivity contribution in [1.29, 1.82) is 0 Å². The first-order chi connectivity index (χ1) is 20.5. The predicted molar refractivity (Wildman–Crippen MR) is 166 cm³/mol. The van der Waals surface area contributed by atoms with Crippen LogP contribution in [0.4, 0.5) is 4.39 Å². The summed E-state index contributed by atoms with van der Waals surface area (Å²) in [4.78, 5) is 19.7. The Morgan fingerprint density at radius 1 is 0.976 bits per heavy atom. The van der Waals surface area contributed by atoms with Gasteiger partial charge in [-0.3, -0.25) is 9.36 Å². The minimum Gasteiger partial charge on any atom is -0.488 e. The van der Waals surface area contributed by atoms with Crippen molar-refractivity contribution < 1.29 is 9.13 Å². The third kappa shape index (κ3) is 4.90. The van der Waals surface area contributed by atoms with Crippen LogP contribution in [0, 0.1) is 5.82 Å². The number of hydrogen-bond acceptors (Lipinski definition) is 4. The fourth-order valence-corrected chi connectivity index (χ4v) is 7.12. The molecule has 1 atom stereocenters. The smallest absolute Gasteiger partial charge is 0.271 e. The normalized spacial score (nSPS) is 16.0. The van der Waals surface area contributed by atoms with Crippen LogP contribution >= 0.6 is 34.5 Å². The van der Waals surface area contributed by atoms with Crippen LogP contribution in [0.2, 0.25) is 10.0 Å². The highest BCUT2D eigenvalue weighted by Gasteiger charge is 2.32. The number of halogens is 3. The third-order valence-electron chi connectivity index (χ3n) is 7.64. The number of para-hydroxylation sites is 1. The van der Waals surface area contributed by atoms with E-state index in [0.29, 0.717) is 25.1 Å². The van der Waals surface area contributed by atoms with E-state index in [2.05, 4.69) is 12.1 Å². The van der Waals surface area contributed by atoms with E-state index >= 15 is 0 Å². The quantitative estimate of drug-likeness (QED) is 0.208. The SMILES string of the molecule is O=c1/c(=C\c2ccccc2OCc2ccc(Cl)cc2Cl)sc2n1C(c1cccc(F)c1)C1=C(N=2)c2ccccc2CC1. The number of rotatable bonds is 5. The van der Waals surface area contributed by atoms with Gasteiger partial charge in [-0.05, 0) is 65.9 Å². The van der Waals surface area contributed by atoms with Gasteiger partial charge in [0.05, 0.1) is 16.3 Å². The first-order valence-electron chi connectivity index (χ1n) is 13.5. The number of aryl methyl sites for hydroxylation is 1. The Kier molecular flexibility index (Phi) is 7.06. The van der Waals surface area contributed by atoms with Crippen molar-refractivity contribution >= 4 is 46.3 Å². The molecule has 2 heterocycles. The van der Waals surface area contributed by atoms with Crippen LogP contribution < -0.4 is 19.6 Å². The lowest BCUT2D eigenvalue weighted by Crippen LogP contribution is -2.38. The Hall–Kier alpha value is -3.97. The summed E-state index contributed by atoms with van der Waals surface area (Å²) in [5.74, 6) is 0.279. The lowest BCUT2D eigenvalue weighted by molar-refractivity contribution is 0.305. The zero-order valence-electron chi connectivity index (χ0n) is 22.2. The zero-order chi connectivity index (χ0) is 28.8. The summed E-state index contributed by atoms with van der Waals surface area (Å²) in [6.07, 6.45) is 3.41. The monoisotopic (exact) mass is 612 g/mol. The number of benzene rings is 4. The Bertz CT molecular complexity index is 2080. The van der Waals surface area contributed by atoms with Crippen molar-refractivity contribution in [2.45, 2.75) is 25.5 Å². The summed E-state index contributed by atoms with van der Waals surface area (Å²) in [5.41, 5.74) is 6.31. The lowest BCUT2D eigenvalue weighted by Gasteiger charge is -2.30. The van der Waals surface area contributed by atoms with E-state index < -0.39 is 6.04 Å². The average Bonchev–Trinajstić information content (AvgIpc) is 3.30. The van der Waals surface area contributed by atoms with Gasteiger partial charge >= 0.3 is 0 Å². The summed E-state index contributed by atoms with van der Waals surface area (Å²) in [6, 6.07) is 27.1. The Labute approximate surface area is 255 Å². The molecule has 0 amide bonds. The number of thiazole rings is 1. The fourth-order valence-electron chi connectivity index (χ4n) is 5.67. The number of hydrogen-bond donors (Lipinski definition) is 0. The van der Waals surface area contributed by atoms with Gasteiger partial charge in [-0.1, -0.05) is 95.2 Å². The molecule has 1 aliphatic heterocycles. The standard InChI is InChI=1S/C34H23Cl2FN2O2S/c35-24-14-12-23(28(36)18-24)19-41-29-11-4-2-7-21(29)17-30-33(40)39-32(22-8-5-9-25(37)16-22)27-15-13-20-6-1-3-10-26(20)31(27)38-34(39)42-30/h1-12,14,16-18,32H,13,15,19H2/b30-17+. The first-order valence-corrected chi connectivity index (χ1v) is 15.1. The van der Waals surface area contributed by atoms with E-state index in [1.54, 1.807) is 22.8 Å². The van der Waals surface area contributed by atoms with E-state index in [4.69, 9.17) is 32.9 Å². The molecule has 0 spiro atoms. The third-order valence-corrected chi connectivity index (χ3v) is 9.21. The predicted octanol–water partition coefficient (Wildman–Crippen LogP) is 7.34. The van der Waals surface area contributed by atoms with Gasteiger partial charge in [0.15, 0.2) is 4.80 Å². The zero-order valence-corrected chi connectivity index (χ0v) is 24.5. The molecule has 0 fully saturated rings. The maximum atomic E-state index is 14.5. The molecule has 5 aromatic rings. The number of nitrogens with zero attached hydrogens (tertiary/aromatic N) is 2. The molecule has 0 saturated carbocycles. The van der Waals surface area contributed by atoms with E-state index in [9.17, 15) is 9.18 Å². The van der Waals surface area contributed by atoms with Crippen molar-refractivity contribution in [3.8, 4) is 5.75 Å². The van der Waals surface area contributed by atoms with Gasteiger partial charge in [-0.2, -0.15) is 0 Å². The highest BCUT2D eigenvalue weighted by molar-refractivity contribution is 7.07. The molecular formula is C34H23Cl2FN2O2S. The van der Waals surface area contributed by atoms with Gasteiger partial charge in [-0.15, -0.1) is 0 Å². The maximum absolute atomic E-state index is 14.5. The summed E-state index contributed by atoms with van der Waals surface area (Å²) < 4.78 is 22.9. The molecule has 4 aromatic carbocycles. The second-order valence-electron chi connectivity index (χ2n) is 10.2. The van der Waals surface area contributed by atoms with Gasteiger partial charge < -0.3 is 4.74 Å². The maximum Gasteiger partial charge on any atom is 0.271 e. The molecule has 1 aliphatic carbocycles. The van der Waals surface area contributed by atoms with Crippen LogP contribution in [0.25, 0.3) is 11.8 Å².